The summed E-state index contributed by atoms with van der Waals surface area (Å²) >= 11 is 3.64. The molecular weight excluding hydrogens is 584 g/mol. The Morgan fingerprint density at radius 3 is 1.76 bits per heavy atom. The summed E-state index contributed by atoms with van der Waals surface area (Å²) in [6.07, 6.45) is 3.75. The van der Waals surface area contributed by atoms with E-state index in [2.05, 4.69) is 101 Å². The number of halogens is 1. The predicted octanol–water partition coefficient (Wildman–Crippen LogP) is 11.0. The topological polar surface area (TPSA) is 52.1 Å². The number of hydrogen-bond acceptors (Lipinski definition) is 4. The summed E-state index contributed by atoms with van der Waals surface area (Å²) in [6.45, 7) is 6.25. The fraction of sp³-hybridized carbons (Fsp3) is 0.0811. The lowest BCUT2D eigenvalue weighted by molar-refractivity contribution is 0.669. The molecule has 0 amide bonds. The number of benzene rings is 4. The van der Waals surface area contributed by atoms with Crippen LogP contribution in [0.5, 0.6) is 0 Å². The molecule has 8 rings (SSSR count). The van der Waals surface area contributed by atoms with Crippen molar-refractivity contribution in [1.29, 1.82) is 0 Å². The molecule has 0 unspecified atom stereocenters. The first kappa shape index (κ1) is 26.2. The molecule has 5 heteroatoms. The Morgan fingerprint density at radius 1 is 0.548 bits per heavy atom. The van der Waals surface area contributed by atoms with Crippen LogP contribution in [-0.4, -0.2) is 9.97 Å². The largest absolute Gasteiger partial charge is 0.455 e. The molecule has 0 N–H and O–H groups in total. The highest BCUT2D eigenvalue weighted by Crippen LogP contribution is 2.38. The lowest BCUT2D eigenvalue weighted by Crippen LogP contribution is -1.88. The van der Waals surface area contributed by atoms with E-state index in [0.29, 0.717) is 0 Å². The van der Waals surface area contributed by atoms with Gasteiger partial charge in [-0.05, 0) is 89.8 Å². The summed E-state index contributed by atoms with van der Waals surface area (Å²) < 4.78 is 13.2. The highest BCUT2D eigenvalue weighted by atomic mass is 79.9. The molecular formula is C37H27BrN2O2. The minimum atomic E-state index is 0.887. The van der Waals surface area contributed by atoms with Crippen molar-refractivity contribution in [3.8, 4) is 22.5 Å². The Balaban J connectivity index is 0.000000137. The zero-order chi connectivity index (χ0) is 28.8. The molecule has 0 saturated carbocycles. The van der Waals surface area contributed by atoms with Crippen molar-refractivity contribution in [3.63, 3.8) is 0 Å². The fourth-order valence-electron chi connectivity index (χ4n) is 5.38. The quantitative estimate of drug-likeness (QED) is 0.195. The average molecular weight is 612 g/mol. The smallest absolute Gasteiger partial charge is 0.144 e. The van der Waals surface area contributed by atoms with Crippen LogP contribution in [0.3, 0.4) is 0 Å². The highest BCUT2D eigenvalue weighted by molar-refractivity contribution is 9.10. The minimum Gasteiger partial charge on any atom is -0.455 e. The van der Waals surface area contributed by atoms with Crippen LogP contribution in [0.2, 0.25) is 0 Å². The monoisotopic (exact) mass is 610 g/mol. The number of aromatic nitrogens is 2. The lowest BCUT2D eigenvalue weighted by Gasteiger charge is -2.06. The molecule has 42 heavy (non-hydrogen) atoms. The first-order chi connectivity index (χ1) is 20.5. The average Bonchev–Trinajstić information content (AvgIpc) is 3.59. The molecule has 0 bridgehead atoms. The molecule has 0 spiro atoms. The fourth-order valence-corrected chi connectivity index (χ4v) is 5.83. The third-order valence-electron chi connectivity index (χ3n) is 7.79. The van der Waals surface area contributed by atoms with E-state index >= 15 is 0 Å². The maximum absolute atomic E-state index is 6.07. The normalized spacial score (nSPS) is 11.3. The van der Waals surface area contributed by atoms with Crippen LogP contribution in [0.1, 0.15) is 16.7 Å². The first-order valence-corrected chi connectivity index (χ1v) is 14.6. The second kappa shape index (κ2) is 10.6. The third-order valence-corrected chi connectivity index (χ3v) is 8.80. The van der Waals surface area contributed by atoms with Gasteiger partial charge in [0.05, 0.1) is 11.4 Å². The maximum Gasteiger partial charge on any atom is 0.144 e. The van der Waals surface area contributed by atoms with Crippen molar-refractivity contribution in [1.82, 2.24) is 9.97 Å². The number of rotatable bonds is 2. The number of para-hydroxylation sites is 4. The molecule has 0 aliphatic carbocycles. The summed E-state index contributed by atoms with van der Waals surface area (Å²) in [5.74, 6) is 0. The van der Waals surface area contributed by atoms with E-state index < -0.39 is 0 Å². The second-order valence-corrected chi connectivity index (χ2v) is 11.3. The highest BCUT2D eigenvalue weighted by Gasteiger charge is 2.15. The second-order valence-electron chi connectivity index (χ2n) is 10.5. The van der Waals surface area contributed by atoms with Gasteiger partial charge in [0.15, 0.2) is 0 Å². The molecule has 4 aromatic heterocycles. The van der Waals surface area contributed by atoms with E-state index in [4.69, 9.17) is 8.83 Å². The van der Waals surface area contributed by atoms with Crippen LogP contribution >= 0.6 is 15.9 Å². The molecule has 0 fully saturated rings. The van der Waals surface area contributed by atoms with Gasteiger partial charge in [-0.25, -0.2) is 0 Å². The van der Waals surface area contributed by atoms with Crippen molar-refractivity contribution in [2.45, 2.75) is 20.8 Å². The molecule has 8 aromatic rings. The molecule has 4 nitrogen and oxygen atoms in total. The van der Waals surface area contributed by atoms with Gasteiger partial charge < -0.3 is 8.83 Å². The summed E-state index contributed by atoms with van der Waals surface area (Å²) in [5.41, 5.74) is 11.2. The Morgan fingerprint density at radius 2 is 1.12 bits per heavy atom. The zero-order valence-electron chi connectivity index (χ0n) is 23.5. The van der Waals surface area contributed by atoms with Gasteiger partial charge in [-0.3, -0.25) is 9.97 Å². The molecule has 4 aromatic carbocycles. The number of pyridine rings is 2. The molecule has 204 valence electrons. The van der Waals surface area contributed by atoms with Gasteiger partial charge in [0, 0.05) is 49.5 Å². The summed E-state index contributed by atoms with van der Waals surface area (Å²) in [4.78, 5) is 9.09. The standard InChI is InChI=1S/C19H15NO.C18H12BrNO/c1-12-10-17(20-11-13(12)2)16-8-5-7-15-14-6-3-4-9-18(14)21-19(15)16;1-11-9-10-20-17(16(11)19)14-7-4-6-13-12-5-2-3-8-15(12)21-18(13)14/h3-11H,1-2H3;2-10H,1H3. The van der Waals surface area contributed by atoms with Gasteiger partial charge in [-0.15, -0.1) is 0 Å². The SMILES string of the molecule is Cc1ccnc(-c2cccc3c2oc2ccccc23)c1Br.Cc1cnc(-c2cccc3c2oc2ccccc23)cc1C. The van der Waals surface area contributed by atoms with Gasteiger partial charge in [-0.2, -0.15) is 0 Å². The van der Waals surface area contributed by atoms with Crippen molar-refractivity contribution in [2.75, 3.05) is 0 Å². The third kappa shape index (κ3) is 4.47. The van der Waals surface area contributed by atoms with Gasteiger partial charge >= 0.3 is 0 Å². The van der Waals surface area contributed by atoms with Crippen molar-refractivity contribution in [3.05, 3.63) is 131 Å². The maximum atomic E-state index is 6.07. The van der Waals surface area contributed by atoms with Crippen LogP contribution in [0.25, 0.3) is 66.4 Å². The Kier molecular flexibility index (Phi) is 6.60. The molecule has 0 saturated heterocycles. The van der Waals surface area contributed by atoms with Gasteiger partial charge in [0.1, 0.15) is 22.3 Å². The number of aryl methyl sites for hydroxylation is 3. The number of nitrogens with zero attached hydrogens (tertiary/aromatic N) is 2. The first-order valence-electron chi connectivity index (χ1n) is 13.8. The van der Waals surface area contributed by atoms with E-state index in [-0.39, 0.29) is 0 Å². The van der Waals surface area contributed by atoms with Crippen LogP contribution in [0.4, 0.5) is 0 Å². The van der Waals surface area contributed by atoms with E-state index in [9.17, 15) is 0 Å². The van der Waals surface area contributed by atoms with Gasteiger partial charge in [0.2, 0.25) is 0 Å². The van der Waals surface area contributed by atoms with Crippen LogP contribution < -0.4 is 0 Å². The molecule has 4 heterocycles. The van der Waals surface area contributed by atoms with Crippen LogP contribution in [0, 0.1) is 20.8 Å². The molecule has 0 aliphatic rings. The minimum absolute atomic E-state index is 0.887. The van der Waals surface area contributed by atoms with Crippen molar-refractivity contribution < 1.29 is 8.83 Å². The predicted molar refractivity (Wildman–Crippen MR) is 176 cm³/mol. The summed E-state index contributed by atoms with van der Waals surface area (Å²) in [6, 6.07) is 32.8. The number of furan rings is 2. The van der Waals surface area contributed by atoms with Gasteiger partial charge in [-0.1, -0.05) is 60.7 Å². The van der Waals surface area contributed by atoms with Crippen LogP contribution in [0.15, 0.2) is 123 Å². The van der Waals surface area contributed by atoms with Gasteiger partial charge in [0.25, 0.3) is 0 Å². The van der Waals surface area contributed by atoms with E-state index in [1.807, 2.05) is 54.9 Å². The Hall–Kier alpha value is -4.74. The Bertz CT molecular complexity index is 2260. The Labute approximate surface area is 251 Å². The molecule has 0 radical (unpaired) electrons. The summed E-state index contributed by atoms with van der Waals surface area (Å²) in [7, 11) is 0. The lowest BCUT2D eigenvalue weighted by atomic mass is 10.0. The van der Waals surface area contributed by atoms with Crippen molar-refractivity contribution in [2.24, 2.45) is 0 Å². The number of fused-ring (bicyclic) bond motifs is 6. The zero-order valence-corrected chi connectivity index (χ0v) is 25.1. The molecule has 0 atom stereocenters. The summed E-state index contributed by atoms with van der Waals surface area (Å²) in [5, 5.41) is 4.55. The van der Waals surface area contributed by atoms with Crippen molar-refractivity contribution >= 4 is 59.8 Å². The van der Waals surface area contributed by atoms with E-state index in [1.54, 1.807) is 0 Å². The van der Waals surface area contributed by atoms with E-state index in [1.165, 1.54) is 11.1 Å². The van der Waals surface area contributed by atoms with E-state index in [0.717, 1.165) is 76.4 Å². The number of hydrogen-bond donors (Lipinski definition) is 0. The molecule has 0 aliphatic heterocycles. The van der Waals surface area contributed by atoms with Crippen LogP contribution in [-0.2, 0) is 0 Å².